The van der Waals surface area contributed by atoms with Gasteiger partial charge in [-0.1, -0.05) is 66.7 Å². The van der Waals surface area contributed by atoms with Gasteiger partial charge in [-0.25, -0.2) is 9.69 Å². The summed E-state index contributed by atoms with van der Waals surface area (Å²) in [6, 6.07) is 24.0. The average Bonchev–Trinajstić information content (AvgIpc) is 2.96. The van der Waals surface area contributed by atoms with Gasteiger partial charge in [0.1, 0.15) is 12.2 Å². The highest BCUT2D eigenvalue weighted by molar-refractivity contribution is 6.39. The molecule has 0 spiro atoms. The minimum Gasteiger partial charge on any atom is -0.490 e. The lowest BCUT2D eigenvalue weighted by Gasteiger charge is -2.27. The minimum absolute atomic E-state index is 0.163. The zero-order chi connectivity index (χ0) is 28.9. The Morgan fingerprint density at radius 1 is 0.902 bits per heavy atom. The first-order chi connectivity index (χ1) is 19.9. The van der Waals surface area contributed by atoms with E-state index in [2.05, 4.69) is 30.1 Å². The van der Waals surface area contributed by atoms with Gasteiger partial charge in [-0.15, -0.1) is 6.58 Å². The summed E-state index contributed by atoms with van der Waals surface area (Å²) in [5, 5.41) is 4.52. The van der Waals surface area contributed by atoms with Gasteiger partial charge in [-0.3, -0.25) is 14.9 Å². The topological polar surface area (TPSA) is 84.9 Å². The molecule has 4 amide bonds. The molecule has 1 N–H and O–H groups in total. The van der Waals surface area contributed by atoms with E-state index in [0.717, 1.165) is 32.4 Å². The molecule has 5 rings (SSSR count). The van der Waals surface area contributed by atoms with Crippen LogP contribution in [0.4, 0.5) is 10.5 Å². The van der Waals surface area contributed by atoms with Gasteiger partial charge in [-0.05, 0) is 72.0 Å². The number of aryl methyl sites for hydroxylation is 1. The van der Waals surface area contributed by atoms with Gasteiger partial charge in [0.25, 0.3) is 11.8 Å². The number of amides is 4. The van der Waals surface area contributed by atoms with Crippen LogP contribution in [0.25, 0.3) is 16.8 Å². The Balaban J connectivity index is 1.52. The van der Waals surface area contributed by atoms with Crippen molar-refractivity contribution in [2.45, 2.75) is 26.9 Å². The van der Waals surface area contributed by atoms with Crippen molar-refractivity contribution in [2.24, 2.45) is 0 Å². The third-order valence-electron chi connectivity index (χ3n) is 6.84. The van der Waals surface area contributed by atoms with Crippen molar-refractivity contribution in [3.63, 3.8) is 0 Å². The number of benzene rings is 4. The van der Waals surface area contributed by atoms with Crippen LogP contribution in [0.3, 0.4) is 0 Å². The molecule has 0 bridgehead atoms. The number of barbiturate groups is 1. The molecule has 7 heteroatoms. The Bertz CT molecular complexity index is 1700. The molecule has 206 valence electrons. The van der Waals surface area contributed by atoms with E-state index in [4.69, 9.17) is 9.47 Å². The molecule has 0 radical (unpaired) electrons. The fourth-order valence-electron chi connectivity index (χ4n) is 4.93. The van der Waals surface area contributed by atoms with E-state index in [-0.39, 0.29) is 5.57 Å². The van der Waals surface area contributed by atoms with Crippen molar-refractivity contribution in [1.82, 2.24) is 5.32 Å². The maximum Gasteiger partial charge on any atom is 0.335 e. The van der Waals surface area contributed by atoms with Crippen LogP contribution in [0.2, 0.25) is 0 Å². The Hall–Kier alpha value is -5.17. The van der Waals surface area contributed by atoms with Crippen LogP contribution >= 0.6 is 0 Å². The third-order valence-corrected chi connectivity index (χ3v) is 6.84. The van der Waals surface area contributed by atoms with Crippen molar-refractivity contribution < 1.29 is 23.9 Å². The van der Waals surface area contributed by atoms with Crippen LogP contribution in [0.5, 0.6) is 11.5 Å². The summed E-state index contributed by atoms with van der Waals surface area (Å²) in [7, 11) is 0. The highest BCUT2D eigenvalue weighted by Gasteiger charge is 2.37. The summed E-state index contributed by atoms with van der Waals surface area (Å²) in [5.41, 5.74) is 3.35. The summed E-state index contributed by atoms with van der Waals surface area (Å²) >= 11 is 0. The fourth-order valence-corrected chi connectivity index (χ4v) is 4.93. The first-order valence-electron chi connectivity index (χ1n) is 13.4. The Morgan fingerprint density at radius 3 is 2.44 bits per heavy atom. The maximum absolute atomic E-state index is 13.5. The molecule has 7 nitrogen and oxygen atoms in total. The molecule has 0 aromatic heterocycles. The van der Waals surface area contributed by atoms with Crippen LogP contribution in [-0.2, 0) is 22.6 Å². The number of nitrogens with zero attached hydrogens (tertiary/aromatic N) is 1. The van der Waals surface area contributed by atoms with Crippen molar-refractivity contribution >= 4 is 40.4 Å². The number of urea groups is 1. The molecule has 0 unspecified atom stereocenters. The van der Waals surface area contributed by atoms with Gasteiger partial charge < -0.3 is 9.47 Å². The van der Waals surface area contributed by atoms with E-state index in [1.54, 1.807) is 37.3 Å². The first kappa shape index (κ1) is 27.4. The van der Waals surface area contributed by atoms with Crippen molar-refractivity contribution in [2.75, 3.05) is 11.5 Å². The largest absolute Gasteiger partial charge is 0.490 e. The standard InChI is InChI=1S/C34H30N2O5/c1-4-11-25-18-23(19-28-32(37)35-34(39)36(33(28)38)29-17-9-6-12-22(29)3)20-30(40-5-2)31(25)41-21-26-15-10-14-24-13-7-8-16-27(24)26/h4,6-10,12-20H,1,5,11,21H2,2-3H3,(H,35,37,39)/b28-19+. The van der Waals surface area contributed by atoms with Crippen LogP contribution < -0.4 is 19.7 Å². The molecule has 1 aliphatic rings. The molecule has 4 aromatic carbocycles. The summed E-state index contributed by atoms with van der Waals surface area (Å²) < 4.78 is 12.3. The number of ether oxygens (including phenoxy) is 2. The number of rotatable bonds is 9. The lowest BCUT2D eigenvalue weighted by Crippen LogP contribution is -2.54. The number of carbonyl (C=O) groups excluding carboxylic acids is 3. The number of para-hydroxylation sites is 1. The SMILES string of the molecule is C=CCc1cc(/C=C2\C(=O)NC(=O)N(c3ccccc3C)C2=O)cc(OCC)c1OCc1cccc2ccccc12. The van der Waals surface area contributed by atoms with Crippen molar-refractivity contribution in [3.8, 4) is 11.5 Å². The van der Waals surface area contributed by atoms with Crippen LogP contribution in [0.1, 0.15) is 29.2 Å². The molecule has 4 aromatic rings. The Labute approximate surface area is 238 Å². The quantitative estimate of drug-likeness (QED) is 0.147. The molecule has 1 fully saturated rings. The lowest BCUT2D eigenvalue weighted by molar-refractivity contribution is -0.122. The second-order valence-electron chi connectivity index (χ2n) is 9.60. The summed E-state index contributed by atoms with van der Waals surface area (Å²) in [6.45, 7) is 8.26. The fraction of sp³-hybridized carbons (Fsp3) is 0.147. The molecule has 41 heavy (non-hydrogen) atoms. The summed E-state index contributed by atoms with van der Waals surface area (Å²) in [6.07, 6.45) is 3.69. The van der Waals surface area contributed by atoms with E-state index in [1.165, 1.54) is 6.08 Å². The zero-order valence-corrected chi connectivity index (χ0v) is 23.0. The van der Waals surface area contributed by atoms with Gasteiger partial charge >= 0.3 is 6.03 Å². The number of hydrogen-bond acceptors (Lipinski definition) is 5. The highest BCUT2D eigenvalue weighted by Crippen LogP contribution is 2.36. The Kier molecular flexibility index (Phi) is 7.97. The predicted molar refractivity (Wildman–Crippen MR) is 160 cm³/mol. The average molecular weight is 547 g/mol. The molecule has 1 saturated heterocycles. The lowest BCUT2D eigenvalue weighted by atomic mass is 10.0. The number of allylic oxidation sites excluding steroid dienone is 1. The van der Waals surface area contributed by atoms with Gasteiger partial charge in [0, 0.05) is 5.56 Å². The molecular formula is C34H30N2O5. The number of nitrogens with one attached hydrogen (secondary N) is 1. The second kappa shape index (κ2) is 11.9. The highest BCUT2D eigenvalue weighted by atomic mass is 16.5. The number of hydrogen-bond donors (Lipinski definition) is 1. The van der Waals surface area contributed by atoms with Gasteiger partial charge in [0.05, 0.1) is 12.3 Å². The normalized spacial score (nSPS) is 14.3. The van der Waals surface area contributed by atoms with Gasteiger partial charge in [0.2, 0.25) is 0 Å². The summed E-state index contributed by atoms with van der Waals surface area (Å²) in [4.78, 5) is 39.9. The summed E-state index contributed by atoms with van der Waals surface area (Å²) in [5.74, 6) is -0.413. The predicted octanol–water partition coefficient (Wildman–Crippen LogP) is 6.52. The van der Waals surface area contributed by atoms with Gasteiger partial charge in [-0.2, -0.15) is 0 Å². The van der Waals surface area contributed by atoms with E-state index in [1.807, 2.05) is 43.3 Å². The number of imide groups is 2. The van der Waals surface area contributed by atoms with E-state index in [9.17, 15) is 14.4 Å². The number of anilines is 1. The van der Waals surface area contributed by atoms with Crippen molar-refractivity contribution in [1.29, 1.82) is 0 Å². The molecule has 1 heterocycles. The van der Waals surface area contributed by atoms with Crippen LogP contribution in [-0.4, -0.2) is 24.5 Å². The monoisotopic (exact) mass is 546 g/mol. The smallest absolute Gasteiger partial charge is 0.335 e. The third kappa shape index (κ3) is 5.61. The Morgan fingerprint density at radius 2 is 1.66 bits per heavy atom. The van der Waals surface area contributed by atoms with E-state index in [0.29, 0.717) is 42.4 Å². The molecule has 0 atom stereocenters. The second-order valence-corrected chi connectivity index (χ2v) is 9.60. The first-order valence-corrected chi connectivity index (χ1v) is 13.4. The molecule has 1 aliphatic heterocycles. The van der Waals surface area contributed by atoms with E-state index < -0.39 is 17.8 Å². The minimum atomic E-state index is -0.786. The molecule has 0 saturated carbocycles. The maximum atomic E-state index is 13.5. The molecule has 0 aliphatic carbocycles. The van der Waals surface area contributed by atoms with Crippen LogP contribution in [0.15, 0.2) is 97.1 Å². The van der Waals surface area contributed by atoms with Crippen molar-refractivity contribution in [3.05, 3.63) is 119 Å². The number of carbonyl (C=O) groups is 3. The van der Waals surface area contributed by atoms with E-state index >= 15 is 0 Å². The number of fused-ring (bicyclic) bond motifs is 1. The zero-order valence-electron chi connectivity index (χ0n) is 23.0. The molecular weight excluding hydrogens is 516 g/mol. The van der Waals surface area contributed by atoms with Crippen LogP contribution in [0, 0.1) is 6.92 Å². The van der Waals surface area contributed by atoms with Gasteiger partial charge in [0.15, 0.2) is 11.5 Å².